The molecule has 0 spiro atoms. The molecule has 1 aliphatic rings. The zero-order valence-electron chi connectivity index (χ0n) is 11.0. The number of phenolic OH excluding ortho intramolecular Hbond substituents is 1. The van der Waals surface area contributed by atoms with E-state index >= 15 is 0 Å². The van der Waals surface area contributed by atoms with Gasteiger partial charge in [-0.25, -0.2) is 4.39 Å². The van der Waals surface area contributed by atoms with Crippen molar-refractivity contribution in [2.45, 2.75) is 18.9 Å². The number of nitrogens with one attached hydrogen (secondary N) is 1. The number of benzene rings is 2. The monoisotopic (exact) mass is 288 g/mol. The van der Waals surface area contributed by atoms with Crippen molar-refractivity contribution < 1.29 is 14.4 Å². The number of nitrogens with zero attached hydrogens (tertiary/aromatic N) is 1. The van der Waals surface area contributed by atoms with Gasteiger partial charge in [0.15, 0.2) is 0 Å². The number of rotatable bonds is 3. The van der Waals surface area contributed by atoms with E-state index in [2.05, 4.69) is 5.32 Å². The average molecular weight is 288 g/mol. The minimum atomic E-state index is -0.642. The Morgan fingerprint density at radius 3 is 2.90 bits per heavy atom. The first-order valence-electron chi connectivity index (χ1n) is 6.57. The second kappa shape index (κ2) is 5.05. The predicted octanol–water partition coefficient (Wildman–Crippen LogP) is 3.54. The maximum atomic E-state index is 13.1. The van der Waals surface area contributed by atoms with Crippen LogP contribution in [-0.2, 0) is 6.42 Å². The third-order valence-corrected chi connectivity index (χ3v) is 3.73. The van der Waals surface area contributed by atoms with Crippen molar-refractivity contribution >= 4 is 11.4 Å². The van der Waals surface area contributed by atoms with E-state index in [1.54, 1.807) is 12.1 Å². The Morgan fingerprint density at radius 2 is 2.14 bits per heavy atom. The van der Waals surface area contributed by atoms with Gasteiger partial charge in [0.1, 0.15) is 17.3 Å². The van der Waals surface area contributed by atoms with Gasteiger partial charge in [0.05, 0.1) is 17.0 Å². The molecule has 0 saturated carbocycles. The third-order valence-electron chi connectivity index (χ3n) is 3.73. The zero-order chi connectivity index (χ0) is 15.0. The van der Waals surface area contributed by atoms with Crippen molar-refractivity contribution in [1.82, 2.24) is 0 Å². The summed E-state index contributed by atoms with van der Waals surface area (Å²) in [4.78, 5) is 10.4. The summed E-state index contributed by atoms with van der Waals surface area (Å²) in [5.41, 5.74) is 1.78. The van der Waals surface area contributed by atoms with Gasteiger partial charge < -0.3 is 10.4 Å². The van der Waals surface area contributed by atoms with E-state index in [9.17, 15) is 19.6 Å². The highest BCUT2D eigenvalue weighted by Gasteiger charge is 2.26. The lowest BCUT2D eigenvalue weighted by molar-refractivity contribution is -0.384. The maximum absolute atomic E-state index is 13.1. The number of halogens is 1. The lowest BCUT2D eigenvalue weighted by Crippen LogP contribution is -2.09. The number of hydrogen-bond donors (Lipinski definition) is 2. The summed E-state index contributed by atoms with van der Waals surface area (Å²) in [5, 5.41) is 23.9. The first-order valence-corrected chi connectivity index (χ1v) is 6.57. The standard InChI is InChI=1S/C15H13FN2O3/c16-9-4-6-13(14(8-9)18(20)21)17-12-7-5-11-10(12)2-1-3-15(11)19/h1-4,6,8,12,17,19H,5,7H2. The van der Waals surface area contributed by atoms with Crippen LogP contribution in [0.5, 0.6) is 5.75 Å². The van der Waals surface area contributed by atoms with E-state index in [4.69, 9.17) is 0 Å². The summed E-state index contributed by atoms with van der Waals surface area (Å²) in [6, 6.07) is 8.59. The van der Waals surface area contributed by atoms with Gasteiger partial charge in [0, 0.05) is 0 Å². The lowest BCUT2D eigenvalue weighted by atomic mass is 10.1. The Morgan fingerprint density at radius 1 is 1.33 bits per heavy atom. The quantitative estimate of drug-likeness (QED) is 0.669. The Hall–Kier alpha value is -2.63. The normalized spacial score (nSPS) is 16.5. The van der Waals surface area contributed by atoms with Crippen LogP contribution in [0.15, 0.2) is 36.4 Å². The Labute approximate surface area is 120 Å². The minimum absolute atomic E-state index is 0.128. The molecule has 1 atom stereocenters. The van der Waals surface area contributed by atoms with Gasteiger partial charge in [0.2, 0.25) is 0 Å². The molecule has 0 fully saturated rings. The topological polar surface area (TPSA) is 75.4 Å². The number of nitro benzene ring substituents is 1. The molecule has 0 saturated heterocycles. The fourth-order valence-corrected chi connectivity index (χ4v) is 2.75. The maximum Gasteiger partial charge on any atom is 0.295 e. The summed E-state index contributed by atoms with van der Waals surface area (Å²) in [5.74, 6) is -0.401. The highest BCUT2D eigenvalue weighted by atomic mass is 19.1. The van der Waals surface area contributed by atoms with Gasteiger partial charge in [-0.3, -0.25) is 10.1 Å². The molecule has 0 aromatic heterocycles. The summed E-state index contributed by atoms with van der Waals surface area (Å²) in [6.45, 7) is 0. The molecule has 0 aliphatic heterocycles. The second-order valence-electron chi connectivity index (χ2n) is 5.00. The second-order valence-corrected chi connectivity index (χ2v) is 5.00. The largest absolute Gasteiger partial charge is 0.508 e. The van der Waals surface area contributed by atoms with Crippen LogP contribution >= 0.6 is 0 Å². The minimum Gasteiger partial charge on any atom is -0.508 e. The molecule has 0 heterocycles. The van der Waals surface area contributed by atoms with Crippen LogP contribution in [0.3, 0.4) is 0 Å². The first-order chi connectivity index (χ1) is 10.1. The van der Waals surface area contributed by atoms with Crippen molar-refractivity contribution in [3.63, 3.8) is 0 Å². The molecular weight excluding hydrogens is 275 g/mol. The molecule has 5 nitrogen and oxygen atoms in total. The number of aromatic hydroxyl groups is 1. The number of anilines is 1. The van der Waals surface area contributed by atoms with Gasteiger partial charge in [0.25, 0.3) is 5.69 Å². The van der Waals surface area contributed by atoms with E-state index in [1.165, 1.54) is 12.1 Å². The highest BCUT2D eigenvalue weighted by Crippen LogP contribution is 2.39. The van der Waals surface area contributed by atoms with E-state index in [1.807, 2.05) is 6.07 Å². The van der Waals surface area contributed by atoms with Crippen LogP contribution in [-0.4, -0.2) is 10.0 Å². The van der Waals surface area contributed by atoms with Crippen LogP contribution in [0.4, 0.5) is 15.8 Å². The van der Waals surface area contributed by atoms with E-state index in [0.717, 1.165) is 23.6 Å². The molecule has 21 heavy (non-hydrogen) atoms. The van der Waals surface area contributed by atoms with Crippen LogP contribution in [0.25, 0.3) is 0 Å². The molecule has 0 radical (unpaired) electrons. The summed E-state index contributed by atoms with van der Waals surface area (Å²) in [7, 11) is 0. The molecule has 1 unspecified atom stereocenters. The summed E-state index contributed by atoms with van der Waals surface area (Å²) < 4.78 is 13.1. The van der Waals surface area contributed by atoms with Crippen LogP contribution in [0.1, 0.15) is 23.6 Å². The molecular formula is C15H13FN2O3. The smallest absolute Gasteiger partial charge is 0.295 e. The fraction of sp³-hybridized carbons (Fsp3) is 0.200. The molecule has 0 amide bonds. The van der Waals surface area contributed by atoms with Crippen molar-refractivity contribution in [3.8, 4) is 5.75 Å². The van der Waals surface area contributed by atoms with Crippen molar-refractivity contribution in [3.05, 3.63) is 63.5 Å². The zero-order valence-corrected chi connectivity index (χ0v) is 11.0. The van der Waals surface area contributed by atoms with Crippen LogP contribution < -0.4 is 5.32 Å². The van der Waals surface area contributed by atoms with Gasteiger partial charge in [-0.15, -0.1) is 0 Å². The van der Waals surface area contributed by atoms with Gasteiger partial charge >= 0.3 is 0 Å². The molecule has 6 heteroatoms. The van der Waals surface area contributed by atoms with Gasteiger partial charge in [-0.1, -0.05) is 12.1 Å². The van der Waals surface area contributed by atoms with Crippen molar-refractivity contribution in [2.75, 3.05) is 5.32 Å². The summed E-state index contributed by atoms with van der Waals surface area (Å²) >= 11 is 0. The van der Waals surface area contributed by atoms with E-state index in [0.29, 0.717) is 6.42 Å². The number of fused-ring (bicyclic) bond motifs is 1. The lowest BCUT2D eigenvalue weighted by Gasteiger charge is -2.15. The third kappa shape index (κ3) is 2.40. The number of nitro groups is 1. The Kier molecular flexibility index (Phi) is 3.21. The summed E-state index contributed by atoms with van der Waals surface area (Å²) in [6.07, 6.45) is 1.43. The fourth-order valence-electron chi connectivity index (χ4n) is 2.75. The first kappa shape index (κ1) is 13.4. The number of hydrogen-bond acceptors (Lipinski definition) is 4. The molecule has 0 bridgehead atoms. The predicted molar refractivity (Wildman–Crippen MR) is 75.8 cm³/mol. The number of phenols is 1. The molecule has 3 rings (SSSR count). The SMILES string of the molecule is O=[N+]([O-])c1cc(F)ccc1NC1CCc2c(O)cccc21. The van der Waals surface area contributed by atoms with Gasteiger partial charge in [-0.05, 0) is 42.2 Å². The molecule has 1 aliphatic carbocycles. The van der Waals surface area contributed by atoms with E-state index < -0.39 is 10.7 Å². The molecule has 2 N–H and O–H groups in total. The average Bonchev–Trinajstić information content (AvgIpc) is 2.85. The molecule has 2 aromatic rings. The Bertz CT molecular complexity index is 718. The molecule has 2 aromatic carbocycles. The molecule has 108 valence electrons. The van der Waals surface area contributed by atoms with E-state index in [-0.39, 0.29) is 23.2 Å². The van der Waals surface area contributed by atoms with Gasteiger partial charge in [-0.2, -0.15) is 0 Å². The highest BCUT2D eigenvalue weighted by molar-refractivity contribution is 5.63. The van der Waals surface area contributed by atoms with Crippen molar-refractivity contribution in [2.24, 2.45) is 0 Å². The van der Waals surface area contributed by atoms with Crippen LogP contribution in [0, 0.1) is 15.9 Å². The van der Waals surface area contributed by atoms with Crippen LogP contribution in [0.2, 0.25) is 0 Å². The Balaban J connectivity index is 1.93. The van der Waals surface area contributed by atoms with Crippen molar-refractivity contribution in [1.29, 1.82) is 0 Å².